The fraction of sp³-hybridized carbons (Fsp3) is 0. The van der Waals surface area contributed by atoms with Crippen LogP contribution in [-0.2, 0) is 0 Å². The fourth-order valence-electron chi connectivity index (χ4n) is 7.94. The lowest BCUT2D eigenvalue weighted by Gasteiger charge is -2.14. The standard InChI is InChI=1S/C47H28N4S/c1-3-14-29(15-4-1)31-26-32(30-16-5-2-6-17-30)28-33(27-31)43-44-38(22-13-25-48-44)49-47(50-43)51-39-23-11-9-20-36(39)41-42-37-21-10-12-24-40(37)52-46(42)35-19-8-7-18-34(35)45(41)51/h1-28H. The predicted octanol–water partition coefficient (Wildman–Crippen LogP) is 12.6. The molecule has 5 heteroatoms. The molecule has 0 atom stereocenters. The van der Waals surface area contributed by atoms with Crippen LogP contribution in [0.25, 0.3) is 103 Å². The van der Waals surface area contributed by atoms with E-state index < -0.39 is 0 Å². The summed E-state index contributed by atoms with van der Waals surface area (Å²) >= 11 is 1.87. The number of benzene rings is 7. The summed E-state index contributed by atoms with van der Waals surface area (Å²) < 4.78 is 4.88. The van der Waals surface area contributed by atoms with E-state index in [-0.39, 0.29) is 0 Å². The van der Waals surface area contributed by atoms with E-state index in [1.54, 1.807) is 0 Å². The van der Waals surface area contributed by atoms with Gasteiger partial charge >= 0.3 is 0 Å². The number of rotatable bonds is 4. The minimum Gasteiger partial charge on any atom is -0.277 e. The zero-order chi connectivity index (χ0) is 34.2. The molecule has 242 valence electrons. The van der Waals surface area contributed by atoms with Crippen molar-refractivity contribution in [3.8, 4) is 39.5 Å². The second-order valence-corrected chi connectivity index (χ2v) is 14.3. The first-order valence-corrected chi connectivity index (χ1v) is 18.3. The maximum Gasteiger partial charge on any atom is 0.235 e. The maximum atomic E-state index is 5.51. The van der Waals surface area contributed by atoms with Crippen LogP contribution < -0.4 is 0 Å². The lowest BCUT2D eigenvalue weighted by molar-refractivity contribution is 1.01. The molecule has 52 heavy (non-hydrogen) atoms. The molecular weight excluding hydrogens is 653 g/mol. The van der Waals surface area contributed by atoms with Crippen molar-refractivity contribution in [3.05, 3.63) is 170 Å². The molecule has 0 radical (unpaired) electrons. The molecule has 0 fully saturated rings. The summed E-state index contributed by atoms with van der Waals surface area (Å²) in [7, 11) is 0. The molecule has 4 aromatic heterocycles. The molecule has 0 aliphatic carbocycles. The average molecular weight is 681 g/mol. The van der Waals surface area contributed by atoms with Crippen molar-refractivity contribution < 1.29 is 0 Å². The summed E-state index contributed by atoms with van der Waals surface area (Å²) in [6.07, 6.45) is 1.83. The van der Waals surface area contributed by atoms with E-state index in [1.165, 1.54) is 41.7 Å². The third-order valence-corrected chi connectivity index (χ3v) is 11.4. The predicted molar refractivity (Wildman–Crippen MR) is 218 cm³/mol. The van der Waals surface area contributed by atoms with E-state index in [0.29, 0.717) is 5.95 Å². The van der Waals surface area contributed by atoms with Crippen LogP contribution in [0, 0.1) is 0 Å². The van der Waals surface area contributed by atoms with Crippen LogP contribution in [0.1, 0.15) is 0 Å². The van der Waals surface area contributed by atoms with E-state index in [4.69, 9.17) is 15.0 Å². The van der Waals surface area contributed by atoms with Crippen molar-refractivity contribution in [1.29, 1.82) is 0 Å². The number of aromatic nitrogens is 4. The molecule has 0 aliphatic rings. The van der Waals surface area contributed by atoms with Gasteiger partial charge < -0.3 is 0 Å². The topological polar surface area (TPSA) is 43.6 Å². The highest BCUT2D eigenvalue weighted by Crippen LogP contribution is 2.48. The quantitative estimate of drug-likeness (QED) is 0.186. The van der Waals surface area contributed by atoms with E-state index in [0.717, 1.165) is 55.6 Å². The second kappa shape index (κ2) is 11.4. The highest BCUT2D eigenvalue weighted by atomic mass is 32.1. The number of thiophene rings is 1. The number of pyridine rings is 1. The highest BCUT2D eigenvalue weighted by Gasteiger charge is 2.24. The van der Waals surface area contributed by atoms with Crippen molar-refractivity contribution in [3.63, 3.8) is 0 Å². The van der Waals surface area contributed by atoms with Gasteiger partial charge in [0.05, 0.1) is 16.6 Å². The summed E-state index contributed by atoms with van der Waals surface area (Å²) in [4.78, 5) is 15.7. The summed E-state index contributed by atoms with van der Waals surface area (Å²) in [5.74, 6) is 0.622. The minimum absolute atomic E-state index is 0.622. The van der Waals surface area contributed by atoms with Crippen molar-refractivity contribution >= 4 is 75.1 Å². The van der Waals surface area contributed by atoms with Crippen LogP contribution in [0.5, 0.6) is 0 Å². The van der Waals surface area contributed by atoms with Gasteiger partial charge in [0, 0.05) is 53.5 Å². The molecule has 0 bridgehead atoms. The lowest BCUT2D eigenvalue weighted by Crippen LogP contribution is -2.04. The van der Waals surface area contributed by atoms with E-state index in [2.05, 4.69) is 156 Å². The summed E-state index contributed by atoms with van der Waals surface area (Å²) in [5.41, 5.74) is 10.1. The lowest BCUT2D eigenvalue weighted by atomic mass is 9.94. The van der Waals surface area contributed by atoms with Gasteiger partial charge in [0.25, 0.3) is 0 Å². The first-order chi connectivity index (χ1) is 25.8. The van der Waals surface area contributed by atoms with Crippen molar-refractivity contribution in [2.45, 2.75) is 0 Å². The zero-order valence-corrected chi connectivity index (χ0v) is 28.7. The van der Waals surface area contributed by atoms with Gasteiger partial charge in [0.1, 0.15) is 11.2 Å². The van der Waals surface area contributed by atoms with Gasteiger partial charge in [-0.3, -0.25) is 9.55 Å². The minimum atomic E-state index is 0.622. The molecule has 11 aromatic rings. The maximum absolute atomic E-state index is 5.51. The molecule has 0 unspecified atom stereocenters. The Balaban J connectivity index is 1.28. The number of nitrogens with zero attached hydrogens (tertiary/aromatic N) is 4. The molecule has 7 aromatic carbocycles. The Labute approximate surface area is 302 Å². The fourth-order valence-corrected chi connectivity index (χ4v) is 9.19. The second-order valence-electron chi connectivity index (χ2n) is 13.2. The Hall–Kier alpha value is -6.69. The average Bonchev–Trinajstić information content (AvgIpc) is 3.78. The largest absolute Gasteiger partial charge is 0.277 e. The molecule has 4 heterocycles. The third kappa shape index (κ3) is 4.36. The van der Waals surface area contributed by atoms with Gasteiger partial charge in [-0.1, -0.05) is 121 Å². The molecule has 11 rings (SSSR count). The monoisotopic (exact) mass is 680 g/mol. The van der Waals surface area contributed by atoms with Crippen LogP contribution in [0.4, 0.5) is 0 Å². The highest BCUT2D eigenvalue weighted by molar-refractivity contribution is 7.27. The third-order valence-electron chi connectivity index (χ3n) is 10.2. The summed E-state index contributed by atoms with van der Waals surface area (Å²) in [6, 6.07) is 58.1. The smallest absolute Gasteiger partial charge is 0.235 e. The first kappa shape index (κ1) is 29.1. The summed E-state index contributed by atoms with van der Waals surface area (Å²) in [6.45, 7) is 0. The molecule has 0 saturated heterocycles. The van der Waals surface area contributed by atoms with Gasteiger partial charge in [-0.2, -0.15) is 0 Å². The Morgan fingerprint density at radius 2 is 1.08 bits per heavy atom. The van der Waals surface area contributed by atoms with Gasteiger partial charge in [-0.15, -0.1) is 11.3 Å². The molecular formula is C47H28N4S. The van der Waals surface area contributed by atoms with E-state index in [1.807, 2.05) is 29.7 Å². The van der Waals surface area contributed by atoms with Gasteiger partial charge in [-0.25, -0.2) is 9.97 Å². The number of hydrogen-bond acceptors (Lipinski definition) is 4. The Morgan fingerprint density at radius 1 is 0.462 bits per heavy atom. The zero-order valence-electron chi connectivity index (χ0n) is 27.9. The van der Waals surface area contributed by atoms with Crippen LogP contribution in [0.3, 0.4) is 0 Å². The molecule has 4 nitrogen and oxygen atoms in total. The molecule has 0 spiro atoms. The molecule has 0 amide bonds. The van der Waals surface area contributed by atoms with Crippen LogP contribution >= 0.6 is 11.3 Å². The van der Waals surface area contributed by atoms with Crippen LogP contribution in [0.2, 0.25) is 0 Å². The van der Waals surface area contributed by atoms with Crippen molar-refractivity contribution in [2.75, 3.05) is 0 Å². The van der Waals surface area contributed by atoms with Crippen LogP contribution in [0.15, 0.2) is 170 Å². The number of hydrogen-bond donors (Lipinski definition) is 0. The number of para-hydroxylation sites is 1. The van der Waals surface area contributed by atoms with Crippen molar-refractivity contribution in [2.24, 2.45) is 0 Å². The van der Waals surface area contributed by atoms with Gasteiger partial charge in [0.15, 0.2) is 0 Å². The SMILES string of the molecule is c1ccc(-c2cc(-c3ccccc3)cc(-c3nc(-n4c5ccccc5c5c6c7ccccc7sc6c6ccccc6c54)nc4cccnc34)c2)cc1. The van der Waals surface area contributed by atoms with Gasteiger partial charge in [0.2, 0.25) is 5.95 Å². The number of fused-ring (bicyclic) bond motifs is 11. The molecule has 0 N–H and O–H groups in total. The van der Waals surface area contributed by atoms with E-state index in [9.17, 15) is 0 Å². The first-order valence-electron chi connectivity index (χ1n) is 17.4. The molecule has 0 saturated carbocycles. The Bertz CT molecular complexity index is 3120. The molecule has 0 aliphatic heterocycles. The summed E-state index contributed by atoms with van der Waals surface area (Å²) in [5, 5.41) is 7.40. The van der Waals surface area contributed by atoms with Crippen molar-refractivity contribution in [1.82, 2.24) is 19.5 Å². The van der Waals surface area contributed by atoms with Crippen LogP contribution in [-0.4, -0.2) is 19.5 Å². The Morgan fingerprint density at radius 3 is 1.83 bits per heavy atom. The normalized spacial score (nSPS) is 11.8. The van der Waals surface area contributed by atoms with E-state index >= 15 is 0 Å². The van der Waals surface area contributed by atoms with Gasteiger partial charge in [-0.05, 0) is 64.7 Å². The Kier molecular flexibility index (Phi) is 6.39.